The molecule has 2 aromatic rings. The first-order valence-corrected chi connectivity index (χ1v) is 11.4. The van der Waals surface area contributed by atoms with E-state index in [-0.39, 0.29) is 11.9 Å². The van der Waals surface area contributed by atoms with E-state index in [4.69, 9.17) is 0 Å². The number of nitriles is 1. The van der Waals surface area contributed by atoms with Gasteiger partial charge in [-0.2, -0.15) is 5.26 Å². The Morgan fingerprint density at radius 3 is 2.61 bits per heavy atom. The van der Waals surface area contributed by atoms with Crippen LogP contribution in [0.15, 0.2) is 24.5 Å². The fourth-order valence-corrected chi connectivity index (χ4v) is 6.10. The number of carbonyl (C=O) groups is 1. The van der Waals surface area contributed by atoms with Gasteiger partial charge in [-0.15, -0.1) is 0 Å². The largest absolute Gasteiger partial charge is 0.367 e. The molecule has 4 atom stereocenters. The van der Waals surface area contributed by atoms with Crippen LogP contribution in [0.25, 0.3) is 11.0 Å². The summed E-state index contributed by atoms with van der Waals surface area (Å²) in [5.74, 6) is 2.61. The second-order valence-corrected chi connectivity index (χ2v) is 9.85. The maximum Gasteiger partial charge on any atom is 0.220 e. The van der Waals surface area contributed by atoms with Crippen molar-refractivity contribution in [2.75, 3.05) is 38.1 Å². The van der Waals surface area contributed by atoms with Crippen LogP contribution in [0.1, 0.15) is 31.7 Å². The van der Waals surface area contributed by atoms with Crippen molar-refractivity contribution >= 4 is 22.6 Å². The Morgan fingerprint density at radius 2 is 1.87 bits per heavy atom. The van der Waals surface area contributed by atoms with Crippen LogP contribution in [-0.4, -0.2) is 60.0 Å². The first-order valence-electron chi connectivity index (χ1n) is 11.4. The summed E-state index contributed by atoms with van der Waals surface area (Å²) in [6.07, 6.45) is 6.25. The number of aromatic nitrogens is 2. The highest BCUT2D eigenvalue weighted by Crippen LogP contribution is 2.46. The lowest BCUT2D eigenvalue weighted by molar-refractivity contribution is -0.128. The molecule has 3 fully saturated rings. The second-order valence-electron chi connectivity index (χ2n) is 9.85. The third-order valence-electron chi connectivity index (χ3n) is 7.42. The Kier molecular flexibility index (Phi) is 5.27. The van der Waals surface area contributed by atoms with Crippen molar-refractivity contribution in [3.63, 3.8) is 0 Å². The Hall–Kier alpha value is -2.72. The van der Waals surface area contributed by atoms with Crippen LogP contribution < -0.4 is 10.2 Å². The lowest BCUT2D eigenvalue weighted by Crippen LogP contribution is -2.56. The molecule has 1 saturated carbocycles. The molecule has 7 nitrogen and oxygen atoms in total. The highest BCUT2D eigenvalue weighted by Gasteiger charge is 2.46. The normalized spacial score (nSPS) is 30.5. The SMILES string of the molecule is C[C@H]1C[C@@H](NC(=O)CC2C3CC2CN(C)C3)CN(c2ccc(C#N)c3nccnc23)C1. The van der Waals surface area contributed by atoms with Gasteiger partial charge in [0.2, 0.25) is 5.91 Å². The van der Waals surface area contributed by atoms with Gasteiger partial charge in [0, 0.05) is 51.0 Å². The zero-order chi connectivity index (χ0) is 21.5. The van der Waals surface area contributed by atoms with Crippen molar-refractivity contribution in [3.8, 4) is 6.07 Å². The molecule has 1 aliphatic carbocycles. The highest BCUT2D eigenvalue weighted by molar-refractivity contribution is 5.92. The molecule has 2 saturated heterocycles. The number of rotatable bonds is 4. The van der Waals surface area contributed by atoms with Gasteiger partial charge in [0.1, 0.15) is 17.1 Å². The Balaban J connectivity index is 1.28. The summed E-state index contributed by atoms with van der Waals surface area (Å²) in [6.45, 7) is 6.16. The number of likely N-dealkylation sites (tertiary alicyclic amines) is 1. The van der Waals surface area contributed by atoms with Crippen LogP contribution in [0.4, 0.5) is 5.69 Å². The quantitative estimate of drug-likeness (QED) is 0.821. The Labute approximate surface area is 183 Å². The lowest BCUT2D eigenvalue weighted by Gasteiger charge is -2.53. The van der Waals surface area contributed by atoms with Crippen molar-refractivity contribution in [3.05, 3.63) is 30.1 Å². The van der Waals surface area contributed by atoms with E-state index in [2.05, 4.69) is 45.1 Å². The minimum Gasteiger partial charge on any atom is -0.367 e. The first kappa shape index (κ1) is 20.2. The van der Waals surface area contributed by atoms with Crippen LogP contribution in [0, 0.1) is 35.0 Å². The van der Waals surface area contributed by atoms with Crippen LogP contribution in [0.3, 0.4) is 0 Å². The molecule has 1 aromatic carbocycles. The zero-order valence-corrected chi connectivity index (χ0v) is 18.3. The van der Waals surface area contributed by atoms with Gasteiger partial charge in [0.25, 0.3) is 0 Å². The maximum atomic E-state index is 12.9. The molecule has 162 valence electrons. The molecule has 0 spiro atoms. The molecule has 1 aromatic heterocycles. The van der Waals surface area contributed by atoms with E-state index in [1.54, 1.807) is 12.4 Å². The molecular formula is C24H30N6O. The lowest BCUT2D eigenvalue weighted by atomic mass is 9.60. The average molecular weight is 419 g/mol. The van der Waals surface area contributed by atoms with E-state index < -0.39 is 0 Å². The summed E-state index contributed by atoms with van der Waals surface area (Å²) in [5.41, 5.74) is 2.93. The van der Waals surface area contributed by atoms with Crippen LogP contribution >= 0.6 is 0 Å². The third-order valence-corrected chi connectivity index (χ3v) is 7.42. The molecule has 3 aliphatic rings. The number of amides is 1. The summed E-state index contributed by atoms with van der Waals surface area (Å²) in [5, 5.41) is 12.7. The van der Waals surface area contributed by atoms with E-state index in [1.807, 2.05) is 12.1 Å². The number of carbonyl (C=O) groups excluding carboxylic acids is 1. The van der Waals surface area contributed by atoms with Gasteiger partial charge in [0.05, 0.1) is 11.3 Å². The van der Waals surface area contributed by atoms with Crippen molar-refractivity contribution in [1.82, 2.24) is 20.2 Å². The van der Waals surface area contributed by atoms with Crippen molar-refractivity contribution in [2.24, 2.45) is 23.7 Å². The number of hydrogen-bond donors (Lipinski definition) is 1. The van der Waals surface area contributed by atoms with Gasteiger partial charge in [-0.05, 0) is 55.7 Å². The monoisotopic (exact) mass is 418 g/mol. The molecule has 2 aliphatic heterocycles. The predicted octanol–water partition coefficient (Wildman–Crippen LogP) is 2.42. The van der Waals surface area contributed by atoms with Crippen molar-refractivity contribution in [2.45, 2.75) is 32.2 Å². The van der Waals surface area contributed by atoms with E-state index >= 15 is 0 Å². The van der Waals surface area contributed by atoms with Crippen molar-refractivity contribution < 1.29 is 4.79 Å². The van der Waals surface area contributed by atoms with Gasteiger partial charge in [-0.3, -0.25) is 14.8 Å². The smallest absolute Gasteiger partial charge is 0.220 e. The standard InChI is InChI=1S/C24H30N6O/c1-15-7-19(28-22(31)9-20-17-8-18(20)13-29(2)12-17)14-30(11-15)21-4-3-16(10-25)23-24(21)27-6-5-26-23/h3-6,15,17-20H,7-9,11-14H2,1-2H3,(H,28,31)/t15-,17?,18?,19+,20?/m0/s1. The van der Waals surface area contributed by atoms with Gasteiger partial charge in [0.15, 0.2) is 0 Å². The molecule has 31 heavy (non-hydrogen) atoms. The number of piperidine rings is 3. The number of nitrogens with one attached hydrogen (secondary N) is 1. The average Bonchev–Trinajstić information content (AvgIpc) is 2.76. The fraction of sp³-hybridized carbons (Fsp3) is 0.583. The van der Waals surface area contributed by atoms with E-state index in [0.717, 1.165) is 43.8 Å². The molecular weight excluding hydrogens is 388 g/mol. The molecule has 1 amide bonds. The number of hydrogen-bond acceptors (Lipinski definition) is 6. The predicted molar refractivity (Wildman–Crippen MR) is 119 cm³/mol. The molecule has 0 radical (unpaired) electrons. The van der Waals surface area contributed by atoms with Gasteiger partial charge < -0.3 is 15.1 Å². The minimum atomic E-state index is 0.126. The van der Waals surface area contributed by atoms with Crippen LogP contribution in [0.5, 0.6) is 0 Å². The van der Waals surface area contributed by atoms with Gasteiger partial charge in [-0.1, -0.05) is 6.92 Å². The molecule has 5 rings (SSSR count). The number of nitrogens with zero attached hydrogens (tertiary/aromatic N) is 5. The maximum absolute atomic E-state index is 12.9. The molecule has 3 heterocycles. The summed E-state index contributed by atoms with van der Waals surface area (Å²) in [6, 6.07) is 6.13. The van der Waals surface area contributed by atoms with E-state index in [0.29, 0.717) is 41.2 Å². The van der Waals surface area contributed by atoms with E-state index in [9.17, 15) is 10.1 Å². The van der Waals surface area contributed by atoms with Crippen LogP contribution in [-0.2, 0) is 4.79 Å². The van der Waals surface area contributed by atoms with Crippen molar-refractivity contribution in [1.29, 1.82) is 5.26 Å². The topological polar surface area (TPSA) is 85.2 Å². The third kappa shape index (κ3) is 3.85. The highest BCUT2D eigenvalue weighted by atomic mass is 16.1. The number of benzene rings is 1. The Morgan fingerprint density at radius 1 is 1.13 bits per heavy atom. The molecule has 7 heteroatoms. The van der Waals surface area contributed by atoms with Gasteiger partial charge in [-0.25, -0.2) is 0 Å². The minimum absolute atomic E-state index is 0.126. The number of anilines is 1. The fourth-order valence-electron chi connectivity index (χ4n) is 6.10. The second kappa shape index (κ2) is 8.08. The molecule has 2 bridgehead atoms. The Bertz CT molecular complexity index is 1020. The summed E-state index contributed by atoms with van der Waals surface area (Å²) < 4.78 is 0. The van der Waals surface area contributed by atoms with Gasteiger partial charge >= 0.3 is 0 Å². The molecule has 1 N–H and O–H groups in total. The zero-order valence-electron chi connectivity index (χ0n) is 18.3. The summed E-state index contributed by atoms with van der Waals surface area (Å²) >= 11 is 0. The number of fused-ring (bicyclic) bond motifs is 3. The molecule has 2 unspecified atom stereocenters. The summed E-state index contributed by atoms with van der Waals surface area (Å²) in [7, 11) is 2.19. The van der Waals surface area contributed by atoms with Crippen LogP contribution in [0.2, 0.25) is 0 Å². The van der Waals surface area contributed by atoms with E-state index in [1.165, 1.54) is 6.42 Å². The first-order chi connectivity index (χ1) is 15.0. The summed E-state index contributed by atoms with van der Waals surface area (Å²) in [4.78, 5) is 26.5.